The van der Waals surface area contributed by atoms with Crippen LogP contribution in [0.25, 0.3) is 0 Å². The summed E-state index contributed by atoms with van der Waals surface area (Å²) in [6.07, 6.45) is 1.32. The van der Waals surface area contributed by atoms with Gasteiger partial charge in [-0.05, 0) is 105 Å². The zero-order valence-electron chi connectivity index (χ0n) is 40.6. The van der Waals surface area contributed by atoms with Crippen LogP contribution in [0, 0.1) is 66.0 Å². The molecule has 3 rings (SSSR count). The molecule has 2 aliphatic heterocycles. The summed E-state index contributed by atoms with van der Waals surface area (Å²) in [6, 6.07) is 0. The maximum absolute atomic E-state index is 7.48. The molecule has 0 spiro atoms. The van der Waals surface area contributed by atoms with Gasteiger partial charge in [-0.1, -0.05) is 159 Å². The molecule has 0 amide bonds. The molecule has 4 unspecified atom stereocenters. The third-order valence-electron chi connectivity index (χ3n) is 21.7. The molecule has 2 saturated heterocycles. The third kappa shape index (κ3) is 5.52. The van der Waals surface area contributed by atoms with Gasteiger partial charge in [-0.15, -0.1) is 0 Å². The summed E-state index contributed by atoms with van der Waals surface area (Å²) in [5.74, 6) is 0.276. The van der Waals surface area contributed by atoms with Crippen molar-refractivity contribution in [2.45, 2.75) is 242 Å². The molecular weight excluding hydrogens is 625 g/mol. The van der Waals surface area contributed by atoms with E-state index in [9.17, 15) is 0 Å². The monoisotopic (exact) mass is 719 g/mol. The Morgan fingerprint density at radius 3 is 1.14 bits per heavy atom. The summed E-state index contributed by atoms with van der Waals surface area (Å²) >= 11 is 0. The van der Waals surface area contributed by atoms with Crippen molar-refractivity contribution in [2.75, 3.05) is 0 Å². The highest BCUT2D eigenvalue weighted by molar-refractivity contribution is 5.21. The van der Waals surface area contributed by atoms with Gasteiger partial charge in [0, 0.05) is 16.2 Å². The fraction of sp³-hybridized carbons (Fsp3) is 1.00. The number of hydrogen-bond donors (Lipinski definition) is 0. The van der Waals surface area contributed by atoms with E-state index in [1.807, 2.05) is 0 Å². The van der Waals surface area contributed by atoms with Crippen molar-refractivity contribution < 1.29 is 14.2 Å². The van der Waals surface area contributed by atoms with Gasteiger partial charge in [0.1, 0.15) is 5.60 Å². The van der Waals surface area contributed by atoms with E-state index in [1.54, 1.807) is 0 Å². The van der Waals surface area contributed by atoms with Gasteiger partial charge in [-0.2, -0.15) is 0 Å². The Kier molecular flexibility index (Phi) is 11.0. The van der Waals surface area contributed by atoms with Crippen LogP contribution in [-0.2, 0) is 14.2 Å². The predicted octanol–water partition coefficient (Wildman–Crippen LogP) is 14.8. The highest BCUT2D eigenvalue weighted by Crippen LogP contribution is 2.74. The Morgan fingerprint density at radius 2 is 0.765 bits per heavy atom. The molecule has 304 valence electrons. The van der Waals surface area contributed by atoms with Gasteiger partial charge >= 0.3 is 0 Å². The fourth-order valence-corrected chi connectivity index (χ4v) is 11.8. The van der Waals surface area contributed by atoms with Crippen LogP contribution in [0.2, 0.25) is 0 Å². The minimum absolute atomic E-state index is 0.0569. The van der Waals surface area contributed by atoms with Gasteiger partial charge in [0.25, 0.3) is 0 Å². The third-order valence-corrected chi connectivity index (χ3v) is 21.7. The Balaban J connectivity index is 0.000000422. The van der Waals surface area contributed by atoms with Gasteiger partial charge < -0.3 is 14.2 Å². The molecule has 0 aromatic heterocycles. The van der Waals surface area contributed by atoms with Gasteiger partial charge in [0.2, 0.25) is 0 Å². The molecule has 1 aliphatic carbocycles. The highest BCUT2D eigenvalue weighted by Gasteiger charge is 2.75. The summed E-state index contributed by atoms with van der Waals surface area (Å²) < 4.78 is 21.7. The lowest BCUT2D eigenvalue weighted by Crippen LogP contribution is -2.80. The number of rotatable bonds is 4. The Labute approximate surface area is 321 Å². The lowest BCUT2D eigenvalue weighted by molar-refractivity contribution is -0.474. The van der Waals surface area contributed by atoms with Crippen molar-refractivity contribution in [2.24, 2.45) is 66.0 Å². The molecule has 2 heterocycles. The average molecular weight is 719 g/mol. The molecule has 0 N–H and O–H groups in total. The van der Waals surface area contributed by atoms with E-state index in [0.717, 1.165) is 5.92 Å². The first-order valence-electron chi connectivity index (χ1n) is 20.8. The molecular formula is C48H94O3. The predicted molar refractivity (Wildman–Crippen MR) is 223 cm³/mol. The van der Waals surface area contributed by atoms with Crippen LogP contribution in [0.1, 0.15) is 214 Å². The topological polar surface area (TPSA) is 27.7 Å². The Morgan fingerprint density at radius 1 is 0.373 bits per heavy atom. The first kappa shape index (κ1) is 47.0. The molecule has 51 heavy (non-hydrogen) atoms. The van der Waals surface area contributed by atoms with Crippen LogP contribution in [-0.4, -0.2) is 28.2 Å². The smallest absolute Gasteiger partial charge is 0.172 e. The van der Waals surface area contributed by atoms with Gasteiger partial charge in [0.15, 0.2) is 5.79 Å². The molecule has 0 aromatic carbocycles. The van der Waals surface area contributed by atoms with Gasteiger partial charge in [-0.25, -0.2) is 0 Å². The lowest BCUT2D eigenvalue weighted by Gasteiger charge is -2.74. The zero-order valence-corrected chi connectivity index (χ0v) is 40.6. The SMILES string of the molecule is CC(C)C1(C)CC(C)(C)C(C)(C)C(C)(C)C1(C)C.CC(C)C1(C)OC(C)(C)C(C)(OC2(C)OC(C)(C)C(C)(C)C(C)(C)C2(C)C)C(C)(C)C1(C)C. The summed E-state index contributed by atoms with van der Waals surface area (Å²) in [6.45, 7) is 70.9. The van der Waals surface area contributed by atoms with Crippen molar-refractivity contribution in [3.8, 4) is 0 Å². The molecule has 3 aliphatic rings. The quantitative estimate of drug-likeness (QED) is 0.290. The molecule has 4 atom stereocenters. The van der Waals surface area contributed by atoms with Crippen LogP contribution in [0.15, 0.2) is 0 Å². The standard InChI is InChI=1S/C30H58O3.C18H36/c1-20(2)28(17)23(7,8)24(9,10)29(18,27(15,16)31-28)33-30(19)25(11,12)21(3,4)22(5,6)26(13,14)32-30;1-13(2)18(11)12-14(3,4)15(5,6)16(7,8)17(18,9)10/h20H,1-19H3;13H,12H2,1-11H3. The molecule has 3 nitrogen and oxygen atoms in total. The van der Waals surface area contributed by atoms with Crippen LogP contribution in [0.5, 0.6) is 0 Å². The summed E-state index contributed by atoms with van der Waals surface area (Å²) in [5.41, 5.74) is -0.788. The molecule has 3 fully saturated rings. The van der Waals surface area contributed by atoms with E-state index in [-0.39, 0.29) is 38.3 Å². The minimum atomic E-state index is -0.816. The number of ether oxygens (including phenoxy) is 3. The van der Waals surface area contributed by atoms with Crippen LogP contribution in [0.3, 0.4) is 0 Å². The fourth-order valence-electron chi connectivity index (χ4n) is 11.8. The number of hydrogen-bond acceptors (Lipinski definition) is 3. The molecule has 1 saturated carbocycles. The largest absolute Gasteiger partial charge is 0.366 e. The minimum Gasteiger partial charge on any atom is -0.366 e. The second kappa shape index (κ2) is 11.9. The van der Waals surface area contributed by atoms with E-state index in [0.29, 0.717) is 33.0 Å². The van der Waals surface area contributed by atoms with Crippen LogP contribution in [0.4, 0.5) is 0 Å². The van der Waals surface area contributed by atoms with Gasteiger partial charge in [0.05, 0.1) is 16.8 Å². The molecule has 0 radical (unpaired) electrons. The average Bonchev–Trinajstić information content (AvgIpc) is 2.89. The first-order valence-corrected chi connectivity index (χ1v) is 20.8. The van der Waals surface area contributed by atoms with E-state index in [4.69, 9.17) is 14.2 Å². The Bertz CT molecular complexity index is 1280. The maximum Gasteiger partial charge on any atom is 0.172 e. The van der Waals surface area contributed by atoms with Crippen molar-refractivity contribution >= 4 is 0 Å². The maximum atomic E-state index is 7.48. The summed E-state index contributed by atoms with van der Waals surface area (Å²) in [4.78, 5) is 0. The molecule has 0 bridgehead atoms. The van der Waals surface area contributed by atoms with E-state index >= 15 is 0 Å². The van der Waals surface area contributed by atoms with Crippen LogP contribution < -0.4 is 0 Å². The second-order valence-corrected chi connectivity index (χ2v) is 25.2. The molecule has 0 aromatic rings. The Hall–Kier alpha value is -0.120. The zero-order chi connectivity index (χ0) is 41.5. The highest BCUT2D eigenvalue weighted by atomic mass is 16.7. The normalized spacial score (nSPS) is 40.2. The van der Waals surface area contributed by atoms with E-state index < -0.39 is 17.0 Å². The van der Waals surface area contributed by atoms with Crippen molar-refractivity contribution in [3.63, 3.8) is 0 Å². The van der Waals surface area contributed by atoms with E-state index in [2.05, 4.69) is 208 Å². The lowest BCUT2D eigenvalue weighted by atomic mass is 9.33. The first-order chi connectivity index (χ1) is 21.7. The van der Waals surface area contributed by atoms with Crippen molar-refractivity contribution in [3.05, 3.63) is 0 Å². The van der Waals surface area contributed by atoms with Crippen molar-refractivity contribution in [1.29, 1.82) is 0 Å². The molecule has 3 heteroatoms. The van der Waals surface area contributed by atoms with Crippen molar-refractivity contribution in [1.82, 2.24) is 0 Å². The summed E-state index contributed by atoms with van der Waals surface area (Å²) in [5, 5.41) is 0. The van der Waals surface area contributed by atoms with Crippen LogP contribution >= 0.6 is 0 Å². The summed E-state index contributed by atoms with van der Waals surface area (Å²) in [7, 11) is 0. The van der Waals surface area contributed by atoms with Gasteiger partial charge in [-0.3, -0.25) is 0 Å². The van der Waals surface area contributed by atoms with E-state index in [1.165, 1.54) is 6.42 Å². The second-order valence-electron chi connectivity index (χ2n) is 25.2.